The fourth-order valence-electron chi connectivity index (χ4n) is 10.3. The Hall–Kier alpha value is -2.42. The van der Waals surface area contributed by atoms with Crippen molar-refractivity contribution in [3.8, 4) is 11.1 Å². The summed E-state index contributed by atoms with van der Waals surface area (Å²) in [5.74, 6) is 2.54. The topological polar surface area (TPSA) is 12.0 Å². The van der Waals surface area contributed by atoms with Crippen molar-refractivity contribution in [2.24, 2.45) is 23.2 Å². The van der Waals surface area contributed by atoms with Crippen LogP contribution >= 0.6 is 0 Å². The van der Waals surface area contributed by atoms with Gasteiger partial charge in [-0.2, -0.15) is 0 Å². The molecule has 0 saturated heterocycles. The number of allylic oxidation sites excluding steroid dienone is 4. The molecule has 3 unspecified atom stereocenters. The largest absolute Gasteiger partial charge is 0.0622 e. The average Bonchev–Trinajstić information content (AvgIpc) is 3.27. The first-order chi connectivity index (χ1) is 22.7. The molecule has 47 heavy (non-hydrogen) atoms. The SMILES string of the molecule is CC1=C(C)C(C)[C]([Ti]([NH]C23CC4CC(CC(C)(C4)C2)C3)[GeH]([c]2ccccc2)[c]2ccccc2)=C1C.c1ccc(-c2ccccc2)cc1. The van der Waals surface area contributed by atoms with E-state index in [0.717, 1.165) is 11.8 Å². The summed E-state index contributed by atoms with van der Waals surface area (Å²) < 4.78 is 10.1. The quantitative estimate of drug-likeness (QED) is 0.188. The molecule has 1 nitrogen and oxygen atoms in total. The molecule has 4 bridgehead atoms. The molecule has 241 valence electrons. The van der Waals surface area contributed by atoms with Crippen LogP contribution in [0.15, 0.2) is 142 Å². The predicted octanol–water partition coefficient (Wildman–Crippen LogP) is 9.62. The first-order valence-corrected chi connectivity index (χ1v) is 27.9. The van der Waals surface area contributed by atoms with E-state index in [-0.39, 0.29) is 0 Å². The summed E-state index contributed by atoms with van der Waals surface area (Å²) in [6.45, 7) is 12.4. The molecule has 3 heteroatoms. The fourth-order valence-corrected chi connectivity index (χ4v) is 38.5. The van der Waals surface area contributed by atoms with Gasteiger partial charge in [0.15, 0.2) is 0 Å². The number of nitrogens with one attached hydrogen (secondary N) is 1. The molecule has 5 aliphatic rings. The van der Waals surface area contributed by atoms with E-state index in [9.17, 15) is 0 Å². The van der Waals surface area contributed by atoms with Gasteiger partial charge in [-0.3, -0.25) is 0 Å². The van der Waals surface area contributed by atoms with E-state index in [2.05, 4.69) is 144 Å². The van der Waals surface area contributed by atoms with E-state index in [1.54, 1.807) is 25.5 Å². The second kappa shape index (κ2) is 13.8. The van der Waals surface area contributed by atoms with Crippen molar-refractivity contribution < 1.29 is 15.9 Å². The zero-order valence-electron chi connectivity index (χ0n) is 29.1. The number of hydrogen-bond acceptors (Lipinski definition) is 1. The van der Waals surface area contributed by atoms with Gasteiger partial charge in [0.1, 0.15) is 0 Å². The van der Waals surface area contributed by atoms with Crippen LogP contribution in [0.2, 0.25) is 0 Å². The Kier molecular flexibility index (Phi) is 9.74. The summed E-state index contributed by atoms with van der Waals surface area (Å²) in [6, 6.07) is 44.3. The molecule has 3 atom stereocenters. The molecule has 5 aliphatic carbocycles. The third-order valence-corrected chi connectivity index (χ3v) is 35.2. The Morgan fingerprint density at radius 3 is 1.47 bits per heavy atom. The molecule has 0 spiro atoms. The van der Waals surface area contributed by atoms with Gasteiger partial charge < -0.3 is 0 Å². The van der Waals surface area contributed by atoms with Crippen LogP contribution in [0.1, 0.15) is 73.1 Å². The van der Waals surface area contributed by atoms with E-state index in [0.29, 0.717) is 16.9 Å². The molecular formula is C44H52GeNTi. The van der Waals surface area contributed by atoms with Gasteiger partial charge in [-0.25, -0.2) is 0 Å². The predicted molar refractivity (Wildman–Crippen MR) is 200 cm³/mol. The number of rotatable bonds is 7. The molecule has 4 aromatic rings. The first-order valence-electron chi connectivity index (χ1n) is 18.0. The van der Waals surface area contributed by atoms with Gasteiger partial charge in [0.25, 0.3) is 0 Å². The normalized spacial score (nSPS) is 27.7. The van der Waals surface area contributed by atoms with Gasteiger partial charge in [-0.1, -0.05) is 60.7 Å². The molecule has 4 fully saturated rings. The Morgan fingerprint density at radius 2 is 1.06 bits per heavy atom. The van der Waals surface area contributed by atoms with Gasteiger partial charge in [-0.05, 0) is 11.1 Å². The van der Waals surface area contributed by atoms with E-state index in [4.69, 9.17) is 3.80 Å². The van der Waals surface area contributed by atoms with Gasteiger partial charge in [0, 0.05) is 0 Å². The molecule has 4 saturated carbocycles. The second-order valence-corrected chi connectivity index (χ2v) is 32.5. The van der Waals surface area contributed by atoms with Crippen molar-refractivity contribution in [1.29, 1.82) is 0 Å². The summed E-state index contributed by atoms with van der Waals surface area (Å²) in [4.78, 5) is 0. The van der Waals surface area contributed by atoms with Gasteiger partial charge >= 0.3 is 223 Å². The zero-order valence-corrected chi connectivity index (χ0v) is 33.1. The molecule has 9 rings (SSSR count). The Morgan fingerprint density at radius 1 is 0.617 bits per heavy atom. The van der Waals surface area contributed by atoms with E-state index < -0.39 is 27.4 Å². The van der Waals surface area contributed by atoms with E-state index >= 15 is 0 Å². The maximum atomic E-state index is 4.79. The zero-order chi connectivity index (χ0) is 32.6. The Bertz CT molecular complexity index is 1640. The molecule has 0 amide bonds. The Labute approximate surface area is 293 Å². The summed E-state index contributed by atoms with van der Waals surface area (Å²) in [6.07, 6.45) is 8.80. The van der Waals surface area contributed by atoms with Crippen LogP contribution in [-0.4, -0.2) is 17.1 Å². The minimum Gasteiger partial charge on any atom is -0.0622 e. The molecular weight excluding hydrogens is 663 g/mol. The number of benzene rings is 4. The second-order valence-electron chi connectivity index (χ2n) is 15.6. The van der Waals surface area contributed by atoms with Crippen molar-refractivity contribution >= 4 is 20.3 Å². The average molecular weight is 715 g/mol. The minimum atomic E-state index is -2.10. The molecule has 0 aliphatic heterocycles. The molecule has 0 aromatic heterocycles. The van der Waals surface area contributed by atoms with Crippen LogP contribution in [0, 0.1) is 23.2 Å². The van der Waals surface area contributed by atoms with Crippen LogP contribution in [0.25, 0.3) is 11.1 Å². The number of hydrogen-bond donors (Lipinski definition) is 1. The van der Waals surface area contributed by atoms with Crippen LogP contribution in [0.3, 0.4) is 0 Å². The summed E-state index contributed by atoms with van der Waals surface area (Å²) >= 11 is -3.95. The monoisotopic (exact) mass is 716 g/mol. The van der Waals surface area contributed by atoms with Gasteiger partial charge in [0.05, 0.1) is 0 Å². The van der Waals surface area contributed by atoms with Crippen molar-refractivity contribution in [2.45, 2.75) is 78.7 Å². The van der Waals surface area contributed by atoms with Crippen molar-refractivity contribution in [3.05, 3.63) is 142 Å². The van der Waals surface area contributed by atoms with Crippen LogP contribution < -0.4 is 12.6 Å². The minimum absolute atomic E-state index is 0.401. The van der Waals surface area contributed by atoms with E-state index in [1.807, 2.05) is 16.0 Å². The standard InChI is InChI=1S/C12H11Ge.C12H10.C11H18N.C9H13.Ti/c1-3-7-11(8-4-1)13-12-9-5-2-6-10-12;1-3-7-11(8-4-1)12-9-5-2-6-10-12;1-10-3-8-2-9(4-10)6-11(12,5-8)7-10;1-6-5-7(2)9(4)8(6)3;/h1-10,13H;1-10H;8-9,12H,2-7H2,1H3;6H,1-4H3;/q;;-1;;+1. The van der Waals surface area contributed by atoms with Gasteiger partial charge in [-0.15, -0.1) is 0 Å². The van der Waals surface area contributed by atoms with Crippen molar-refractivity contribution in [3.63, 3.8) is 0 Å². The van der Waals surface area contributed by atoms with Crippen LogP contribution in [0.4, 0.5) is 0 Å². The van der Waals surface area contributed by atoms with Crippen LogP contribution in [-0.2, 0) is 15.9 Å². The van der Waals surface area contributed by atoms with Crippen LogP contribution in [0.5, 0.6) is 0 Å². The van der Waals surface area contributed by atoms with Gasteiger partial charge in [0.2, 0.25) is 0 Å². The van der Waals surface area contributed by atoms with Crippen molar-refractivity contribution in [2.75, 3.05) is 0 Å². The maximum Gasteiger partial charge on any atom is -0.0184 e. The summed E-state index contributed by atoms with van der Waals surface area (Å²) in [7, 11) is 0. The fraction of sp³-hybridized carbons (Fsp3) is 0.364. The Balaban J connectivity index is 0.000000245. The molecule has 0 heterocycles. The smallest absolute Gasteiger partial charge is 0.0184 e. The molecule has 0 radical (unpaired) electrons. The summed E-state index contributed by atoms with van der Waals surface area (Å²) in [5.41, 5.74) is 8.39. The third-order valence-electron chi connectivity index (χ3n) is 12.1. The summed E-state index contributed by atoms with van der Waals surface area (Å²) in [5, 5.41) is 0. The third kappa shape index (κ3) is 6.89. The first kappa shape index (κ1) is 33.1. The molecule has 1 N–H and O–H groups in total. The van der Waals surface area contributed by atoms with E-state index in [1.165, 1.54) is 49.7 Å². The molecule has 4 aromatic carbocycles. The van der Waals surface area contributed by atoms with Crippen molar-refractivity contribution in [1.82, 2.24) is 3.80 Å². The maximum absolute atomic E-state index is 4.79.